The van der Waals surface area contributed by atoms with Crippen LogP contribution in [0.2, 0.25) is 0 Å². The van der Waals surface area contributed by atoms with Gasteiger partial charge >= 0.3 is 0 Å². The van der Waals surface area contributed by atoms with Crippen molar-refractivity contribution < 1.29 is 5.11 Å². The highest BCUT2D eigenvalue weighted by Gasteiger charge is 2.21. The van der Waals surface area contributed by atoms with Crippen LogP contribution < -0.4 is 5.32 Å². The second-order valence-electron chi connectivity index (χ2n) is 5.54. The van der Waals surface area contributed by atoms with Crippen molar-refractivity contribution in [2.45, 2.75) is 58.6 Å². The molecule has 0 fully saturated rings. The Morgan fingerprint density at radius 2 is 2.11 bits per heavy atom. The average molecular weight is 250 g/mol. The third-order valence-electron chi connectivity index (χ3n) is 3.07. The van der Waals surface area contributed by atoms with Gasteiger partial charge in [-0.25, -0.2) is 0 Å². The van der Waals surface area contributed by atoms with Gasteiger partial charge in [0.2, 0.25) is 0 Å². The molecule has 1 heterocycles. The Morgan fingerprint density at radius 3 is 2.61 bits per heavy atom. The molecular formula is C15H26N2O. The zero-order valence-corrected chi connectivity index (χ0v) is 12.0. The Hall–Kier alpha value is -0.930. The van der Waals surface area contributed by atoms with E-state index in [-0.39, 0.29) is 0 Å². The third kappa shape index (κ3) is 5.61. The Balaban J connectivity index is 2.47. The van der Waals surface area contributed by atoms with Gasteiger partial charge in [-0.2, -0.15) is 0 Å². The predicted octanol–water partition coefficient (Wildman–Crippen LogP) is 2.33. The molecule has 0 radical (unpaired) electrons. The molecule has 0 aromatic carbocycles. The van der Waals surface area contributed by atoms with Crippen LogP contribution in [0, 0.1) is 0 Å². The van der Waals surface area contributed by atoms with Gasteiger partial charge in [0.25, 0.3) is 0 Å². The number of pyridine rings is 1. The maximum atomic E-state index is 10.3. The van der Waals surface area contributed by atoms with E-state index in [1.165, 1.54) is 5.56 Å². The summed E-state index contributed by atoms with van der Waals surface area (Å²) < 4.78 is 0. The van der Waals surface area contributed by atoms with E-state index in [2.05, 4.69) is 37.1 Å². The summed E-state index contributed by atoms with van der Waals surface area (Å²) in [6, 6.07) is 4.57. The van der Waals surface area contributed by atoms with E-state index >= 15 is 0 Å². The smallest absolute Gasteiger partial charge is 0.0687 e. The summed E-state index contributed by atoms with van der Waals surface area (Å²) in [7, 11) is 0. The van der Waals surface area contributed by atoms with Crippen LogP contribution in [0.5, 0.6) is 0 Å². The minimum atomic E-state index is -0.692. The van der Waals surface area contributed by atoms with E-state index in [1.54, 1.807) is 0 Å². The first-order valence-corrected chi connectivity index (χ1v) is 6.82. The first-order chi connectivity index (χ1) is 8.43. The molecule has 1 atom stereocenters. The number of nitrogens with zero attached hydrogens (tertiary/aromatic N) is 1. The van der Waals surface area contributed by atoms with E-state index in [1.807, 2.05) is 19.2 Å². The maximum Gasteiger partial charge on any atom is 0.0687 e. The Labute approximate surface area is 111 Å². The van der Waals surface area contributed by atoms with E-state index in [9.17, 15) is 5.11 Å². The zero-order valence-electron chi connectivity index (χ0n) is 12.0. The van der Waals surface area contributed by atoms with Crippen molar-refractivity contribution in [3.63, 3.8) is 0 Å². The number of hydrogen-bond donors (Lipinski definition) is 2. The van der Waals surface area contributed by atoms with Crippen LogP contribution >= 0.6 is 0 Å². The summed E-state index contributed by atoms with van der Waals surface area (Å²) in [6.45, 7) is 9.05. The third-order valence-corrected chi connectivity index (χ3v) is 3.07. The summed E-state index contributed by atoms with van der Waals surface area (Å²) in [5.74, 6) is 0. The lowest BCUT2D eigenvalue weighted by atomic mass is 9.95. The molecule has 3 nitrogen and oxygen atoms in total. The number of hydrogen-bond acceptors (Lipinski definition) is 3. The topological polar surface area (TPSA) is 45.1 Å². The van der Waals surface area contributed by atoms with Crippen molar-refractivity contribution in [3.8, 4) is 0 Å². The Morgan fingerprint density at radius 1 is 1.39 bits per heavy atom. The normalized spacial score (nSPS) is 14.8. The minimum absolute atomic E-state index is 0.461. The van der Waals surface area contributed by atoms with Gasteiger partial charge in [-0.1, -0.05) is 26.8 Å². The molecule has 1 unspecified atom stereocenters. The van der Waals surface area contributed by atoms with Crippen LogP contribution in [0.4, 0.5) is 0 Å². The molecule has 102 valence electrons. The van der Waals surface area contributed by atoms with Crippen molar-refractivity contribution in [2.75, 3.05) is 6.54 Å². The van der Waals surface area contributed by atoms with Crippen molar-refractivity contribution in [1.82, 2.24) is 10.3 Å². The molecule has 18 heavy (non-hydrogen) atoms. The summed E-state index contributed by atoms with van der Waals surface area (Å²) in [5, 5.41) is 13.7. The van der Waals surface area contributed by atoms with Gasteiger partial charge in [0, 0.05) is 24.4 Å². The lowest BCUT2D eigenvalue weighted by Gasteiger charge is -2.23. The fourth-order valence-corrected chi connectivity index (χ4v) is 1.88. The van der Waals surface area contributed by atoms with Crippen molar-refractivity contribution in [1.29, 1.82) is 0 Å². The van der Waals surface area contributed by atoms with E-state index in [0.29, 0.717) is 12.5 Å². The molecule has 1 aromatic heterocycles. The van der Waals surface area contributed by atoms with Crippen LogP contribution in [0.1, 0.15) is 45.4 Å². The van der Waals surface area contributed by atoms with Crippen LogP contribution in [-0.4, -0.2) is 28.3 Å². The van der Waals surface area contributed by atoms with Gasteiger partial charge in [0.1, 0.15) is 0 Å². The van der Waals surface area contributed by atoms with Crippen molar-refractivity contribution >= 4 is 0 Å². The fraction of sp³-hybridized carbons (Fsp3) is 0.667. The first-order valence-electron chi connectivity index (χ1n) is 6.82. The monoisotopic (exact) mass is 250 g/mol. The van der Waals surface area contributed by atoms with Crippen LogP contribution in [0.15, 0.2) is 18.3 Å². The van der Waals surface area contributed by atoms with Gasteiger partial charge in [-0.3, -0.25) is 4.98 Å². The molecule has 1 aromatic rings. The number of aryl methyl sites for hydroxylation is 1. The van der Waals surface area contributed by atoms with Gasteiger partial charge in [0.15, 0.2) is 0 Å². The van der Waals surface area contributed by atoms with Crippen molar-refractivity contribution in [3.05, 3.63) is 29.6 Å². The highest BCUT2D eigenvalue weighted by molar-refractivity contribution is 5.15. The molecule has 0 saturated heterocycles. The molecule has 0 amide bonds. The second-order valence-corrected chi connectivity index (χ2v) is 5.54. The number of rotatable bonds is 7. The quantitative estimate of drug-likeness (QED) is 0.780. The predicted molar refractivity (Wildman–Crippen MR) is 75.7 cm³/mol. The van der Waals surface area contributed by atoms with Gasteiger partial charge in [-0.05, 0) is 37.9 Å². The lowest BCUT2D eigenvalue weighted by Crippen LogP contribution is -2.34. The minimum Gasteiger partial charge on any atom is -0.390 e. The Bertz CT molecular complexity index is 344. The molecule has 0 aliphatic carbocycles. The zero-order chi connectivity index (χ0) is 13.6. The Kier molecular flexibility index (Phi) is 5.76. The van der Waals surface area contributed by atoms with Crippen molar-refractivity contribution in [2.24, 2.45) is 0 Å². The maximum absolute atomic E-state index is 10.3. The van der Waals surface area contributed by atoms with E-state index in [4.69, 9.17) is 0 Å². The highest BCUT2D eigenvalue weighted by atomic mass is 16.3. The highest BCUT2D eigenvalue weighted by Crippen LogP contribution is 2.15. The first kappa shape index (κ1) is 15.1. The molecule has 0 spiro atoms. The summed E-state index contributed by atoms with van der Waals surface area (Å²) >= 11 is 0. The molecular weight excluding hydrogens is 224 g/mol. The van der Waals surface area contributed by atoms with Crippen LogP contribution in [-0.2, 0) is 12.8 Å². The fourth-order valence-electron chi connectivity index (χ4n) is 1.88. The molecule has 0 aliphatic rings. The lowest BCUT2D eigenvalue weighted by molar-refractivity contribution is 0.0501. The van der Waals surface area contributed by atoms with E-state index in [0.717, 1.165) is 25.1 Å². The van der Waals surface area contributed by atoms with E-state index < -0.39 is 5.60 Å². The number of aliphatic hydroxyl groups is 1. The SMILES string of the molecule is CCc1ccc(CC(C)(O)CCNC(C)C)nc1. The number of nitrogens with one attached hydrogen (secondary N) is 1. The summed E-state index contributed by atoms with van der Waals surface area (Å²) in [4.78, 5) is 4.40. The molecule has 1 rings (SSSR count). The number of aromatic nitrogens is 1. The average Bonchev–Trinajstić information content (AvgIpc) is 2.28. The standard InChI is InChI=1S/C15H26N2O/c1-5-13-6-7-14(17-11-13)10-15(4,18)8-9-16-12(2)3/h6-7,11-12,16,18H,5,8-10H2,1-4H3. The molecule has 0 bridgehead atoms. The van der Waals surface area contributed by atoms with Crippen LogP contribution in [0.3, 0.4) is 0 Å². The second kappa shape index (κ2) is 6.86. The van der Waals surface area contributed by atoms with Gasteiger partial charge < -0.3 is 10.4 Å². The molecule has 0 aliphatic heterocycles. The molecule has 2 N–H and O–H groups in total. The molecule has 0 saturated carbocycles. The molecule has 3 heteroatoms. The summed E-state index contributed by atoms with van der Waals surface area (Å²) in [5.41, 5.74) is 1.50. The summed E-state index contributed by atoms with van der Waals surface area (Å²) in [6.07, 6.45) is 4.25. The van der Waals surface area contributed by atoms with Gasteiger partial charge in [0.05, 0.1) is 5.60 Å². The van der Waals surface area contributed by atoms with Gasteiger partial charge in [-0.15, -0.1) is 0 Å². The van der Waals surface area contributed by atoms with Crippen LogP contribution in [0.25, 0.3) is 0 Å². The largest absolute Gasteiger partial charge is 0.390 e.